The van der Waals surface area contributed by atoms with Gasteiger partial charge in [-0.25, -0.2) is 0 Å². The normalized spacial score (nSPS) is 20.6. The summed E-state index contributed by atoms with van der Waals surface area (Å²) in [7, 11) is 0. The van der Waals surface area contributed by atoms with Crippen LogP contribution in [0.5, 0.6) is 0 Å². The second kappa shape index (κ2) is 12.3. The predicted octanol–water partition coefficient (Wildman–Crippen LogP) is 4.04. The van der Waals surface area contributed by atoms with E-state index in [9.17, 15) is 0 Å². The van der Waals surface area contributed by atoms with Gasteiger partial charge in [-0.2, -0.15) is 0 Å². The molecule has 1 saturated carbocycles. The van der Waals surface area contributed by atoms with E-state index in [2.05, 4.69) is 24.1 Å². The first kappa shape index (κ1) is 21.0. The van der Waals surface area contributed by atoms with Gasteiger partial charge >= 0.3 is 0 Å². The van der Waals surface area contributed by atoms with Gasteiger partial charge in [0.05, 0.1) is 6.10 Å². The molecule has 0 bridgehead atoms. The lowest BCUT2D eigenvalue weighted by atomic mass is 10.0. The zero-order valence-corrected chi connectivity index (χ0v) is 17.4. The van der Waals surface area contributed by atoms with Gasteiger partial charge < -0.3 is 15.0 Å². The maximum absolute atomic E-state index is 5.74. The average molecular weight is 437 g/mol. The lowest BCUT2D eigenvalue weighted by molar-refractivity contribution is 0.0264. The van der Waals surface area contributed by atoms with E-state index in [0.29, 0.717) is 6.10 Å². The molecule has 2 rings (SSSR count). The topological polar surface area (TPSA) is 36.9 Å². The summed E-state index contributed by atoms with van der Waals surface area (Å²) in [5.74, 6) is 2.10. The van der Waals surface area contributed by atoms with Gasteiger partial charge in [0.15, 0.2) is 5.96 Å². The minimum atomic E-state index is 0. The van der Waals surface area contributed by atoms with Crippen molar-refractivity contribution in [1.82, 2.24) is 10.2 Å². The molecule has 2 aliphatic rings. The first-order valence-corrected chi connectivity index (χ1v) is 9.48. The van der Waals surface area contributed by atoms with Gasteiger partial charge in [-0.15, -0.1) is 24.0 Å². The third kappa shape index (κ3) is 7.59. The van der Waals surface area contributed by atoms with Crippen LogP contribution in [0.4, 0.5) is 0 Å². The van der Waals surface area contributed by atoms with Crippen LogP contribution in [0.2, 0.25) is 0 Å². The number of likely N-dealkylation sites (tertiary alicyclic amines) is 1. The molecule has 0 spiro atoms. The van der Waals surface area contributed by atoms with Crippen molar-refractivity contribution in [3.63, 3.8) is 0 Å². The van der Waals surface area contributed by atoms with Crippen LogP contribution in [0.25, 0.3) is 0 Å². The molecule has 1 aliphatic heterocycles. The molecule has 1 heterocycles. The fraction of sp³-hybridized carbons (Fsp3) is 0.944. The minimum absolute atomic E-state index is 0. The largest absolute Gasteiger partial charge is 0.378 e. The molecule has 136 valence electrons. The summed E-state index contributed by atoms with van der Waals surface area (Å²) in [6.07, 6.45) is 11.1. The van der Waals surface area contributed by atoms with E-state index in [1.54, 1.807) is 0 Å². The second-order valence-corrected chi connectivity index (χ2v) is 6.67. The van der Waals surface area contributed by atoms with Crippen LogP contribution in [0, 0.1) is 5.92 Å². The van der Waals surface area contributed by atoms with Crippen molar-refractivity contribution in [2.75, 3.05) is 32.8 Å². The SMILES string of the molecule is CCNC(=NCCCC1CCCC1)N1CCC(OCC)CC1.I. The molecular weight excluding hydrogens is 401 g/mol. The molecule has 0 amide bonds. The van der Waals surface area contributed by atoms with Crippen LogP contribution in [0.1, 0.15) is 65.2 Å². The fourth-order valence-corrected chi connectivity index (χ4v) is 3.76. The van der Waals surface area contributed by atoms with Crippen molar-refractivity contribution in [2.45, 2.75) is 71.3 Å². The summed E-state index contributed by atoms with van der Waals surface area (Å²) in [6.45, 7) is 9.14. The number of rotatable bonds is 7. The number of ether oxygens (including phenoxy) is 1. The van der Waals surface area contributed by atoms with E-state index < -0.39 is 0 Å². The van der Waals surface area contributed by atoms with Crippen molar-refractivity contribution >= 4 is 29.9 Å². The van der Waals surface area contributed by atoms with Crippen molar-refractivity contribution in [2.24, 2.45) is 10.9 Å². The third-order valence-corrected chi connectivity index (χ3v) is 4.99. The Balaban J connectivity index is 0.00000264. The molecule has 23 heavy (non-hydrogen) atoms. The molecule has 0 atom stereocenters. The highest BCUT2D eigenvalue weighted by molar-refractivity contribution is 14.0. The second-order valence-electron chi connectivity index (χ2n) is 6.67. The van der Waals surface area contributed by atoms with E-state index in [0.717, 1.165) is 57.5 Å². The minimum Gasteiger partial charge on any atom is -0.378 e. The number of hydrogen-bond acceptors (Lipinski definition) is 2. The lowest BCUT2D eigenvalue weighted by Crippen LogP contribution is -2.47. The highest BCUT2D eigenvalue weighted by atomic mass is 127. The molecular formula is C18H36IN3O. The van der Waals surface area contributed by atoms with Gasteiger partial charge in [0, 0.05) is 32.8 Å². The maximum atomic E-state index is 5.74. The number of guanidine groups is 1. The molecule has 0 aromatic carbocycles. The molecule has 0 unspecified atom stereocenters. The van der Waals surface area contributed by atoms with Crippen molar-refractivity contribution in [3.8, 4) is 0 Å². The number of halogens is 1. The Kier molecular flexibility index (Phi) is 11.3. The molecule has 4 nitrogen and oxygen atoms in total. The van der Waals surface area contributed by atoms with Crippen LogP contribution >= 0.6 is 24.0 Å². The molecule has 2 fully saturated rings. The van der Waals surface area contributed by atoms with Gasteiger partial charge in [0.2, 0.25) is 0 Å². The van der Waals surface area contributed by atoms with Gasteiger partial charge in [0.1, 0.15) is 0 Å². The van der Waals surface area contributed by atoms with Crippen LogP contribution in [0.3, 0.4) is 0 Å². The smallest absolute Gasteiger partial charge is 0.193 e. The highest BCUT2D eigenvalue weighted by Gasteiger charge is 2.21. The molecule has 1 N–H and O–H groups in total. The van der Waals surface area contributed by atoms with E-state index in [1.165, 1.54) is 38.5 Å². The van der Waals surface area contributed by atoms with Crippen molar-refractivity contribution in [3.05, 3.63) is 0 Å². The summed E-state index contributed by atoms with van der Waals surface area (Å²) in [4.78, 5) is 7.27. The Morgan fingerprint density at radius 3 is 2.43 bits per heavy atom. The summed E-state index contributed by atoms with van der Waals surface area (Å²) in [5, 5.41) is 3.46. The fourth-order valence-electron chi connectivity index (χ4n) is 3.76. The van der Waals surface area contributed by atoms with Crippen molar-refractivity contribution < 1.29 is 4.74 Å². The molecule has 1 saturated heterocycles. The van der Waals surface area contributed by atoms with E-state index >= 15 is 0 Å². The summed E-state index contributed by atoms with van der Waals surface area (Å²) in [6, 6.07) is 0. The van der Waals surface area contributed by atoms with Gasteiger partial charge in [-0.1, -0.05) is 25.7 Å². The molecule has 0 radical (unpaired) electrons. The Bertz CT molecular complexity index is 324. The van der Waals surface area contributed by atoms with E-state index in [1.807, 2.05) is 0 Å². The molecule has 5 heteroatoms. The Hall–Kier alpha value is -0.0400. The number of nitrogens with one attached hydrogen (secondary N) is 1. The number of hydrogen-bond donors (Lipinski definition) is 1. The van der Waals surface area contributed by atoms with Crippen LogP contribution < -0.4 is 5.32 Å². The number of nitrogens with zero attached hydrogens (tertiary/aromatic N) is 2. The zero-order valence-electron chi connectivity index (χ0n) is 15.1. The van der Waals surface area contributed by atoms with Crippen molar-refractivity contribution in [1.29, 1.82) is 0 Å². The zero-order chi connectivity index (χ0) is 15.6. The Morgan fingerprint density at radius 2 is 1.83 bits per heavy atom. The molecule has 0 aromatic rings. The summed E-state index contributed by atoms with van der Waals surface area (Å²) >= 11 is 0. The lowest BCUT2D eigenvalue weighted by Gasteiger charge is -2.34. The monoisotopic (exact) mass is 437 g/mol. The standard InChI is InChI=1S/C18H35N3O.HI/c1-3-19-18(20-13-7-10-16-8-5-6-9-16)21-14-11-17(12-15-21)22-4-2;/h16-17H,3-15H2,1-2H3,(H,19,20);1H. The average Bonchev–Trinajstić information content (AvgIpc) is 3.05. The Labute approximate surface area is 159 Å². The van der Waals surface area contributed by atoms with Crippen LogP contribution in [-0.4, -0.2) is 49.7 Å². The number of aliphatic imine (C=N–C) groups is 1. The predicted molar refractivity (Wildman–Crippen MR) is 109 cm³/mol. The summed E-state index contributed by atoms with van der Waals surface area (Å²) < 4.78 is 5.74. The molecule has 0 aromatic heterocycles. The first-order chi connectivity index (χ1) is 10.8. The van der Waals surface area contributed by atoms with Crippen LogP contribution in [0.15, 0.2) is 4.99 Å². The maximum Gasteiger partial charge on any atom is 0.193 e. The molecule has 1 aliphatic carbocycles. The third-order valence-electron chi connectivity index (χ3n) is 4.99. The highest BCUT2D eigenvalue weighted by Crippen LogP contribution is 2.28. The van der Waals surface area contributed by atoms with Gasteiger partial charge in [-0.05, 0) is 45.4 Å². The summed E-state index contributed by atoms with van der Waals surface area (Å²) in [5.41, 5.74) is 0. The van der Waals surface area contributed by atoms with Crippen LogP contribution in [-0.2, 0) is 4.74 Å². The van der Waals surface area contributed by atoms with E-state index in [4.69, 9.17) is 9.73 Å². The quantitative estimate of drug-likeness (QED) is 0.283. The number of piperidine rings is 1. The Morgan fingerprint density at radius 1 is 1.13 bits per heavy atom. The van der Waals surface area contributed by atoms with E-state index in [-0.39, 0.29) is 24.0 Å². The van der Waals surface area contributed by atoms with Gasteiger partial charge in [0.25, 0.3) is 0 Å². The first-order valence-electron chi connectivity index (χ1n) is 9.48. The van der Waals surface area contributed by atoms with Gasteiger partial charge in [-0.3, -0.25) is 4.99 Å².